The van der Waals surface area contributed by atoms with Gasteiger partial charge in [-0.15, -0.1) is 0 Å². The monoisotopic (exact) mass is 260 g/mol. The number of nitrogens with zero attached hydrogens (tertiary/aromatic N) is 2. The van der Waals surface area contributed by atoms with Crippen LogP contribution >= 0.6 is 0 Å². The lowest BCUT2D eigenvalue weighted by Crippen LogP contribution is -2.35. The maximum Gasteiger partial charge on any atom is 0.108 e. The van der Waals surface area contributed by atoms with Crippen LogP contribution in [0.1, 0.15) is 11.4 Å². The van der Waals surface area contributed by atoms with Crippen LogP contribution in [0, 0.1) is 0 Å². The summed E-state index contributed by atoms with van der Waals surface area (Å²) in [5.41, 5.74) is 9.00. The first-order chi connectivity index (χ1) is 9.35. The van der Waals surface area contributed by atoms with E-state index in [1.54, 1.807) is 0 Å². The molecular weight excluding hydrogens is 240 g/mol. The lowest BCUT2D eigenvalue weighted by Gasteiger charge is -2.26. The van der Waals surface area contributed by atoms with Gasteiger partial charge in [-0.3, -0.25) is 4.90 Å². The third-order valence-electron chi connectivity index (χ3n) is 3.49. The molecule has 1 aromatic carbocycles. The Morgan fingerprint density at radius 2 is 2.16 bits per heavy atom. The standard InChI is InChI=1S/C14H20N4O/c15-4-3-14-16-12-2-1-11(9-13(12)17-14)10-18-5-7-19-8-6-18/h1-2,9H,3-8,10,15H2,(H,16,17). The molecule has 102 valence electrons. The number of aromatic nitrogens is 2. The van der Waals surface area contributed by atoms with Crippen LogP contribution in [0.5, 0.6) is 0 Å². The average molecular weight is 260 g/mol. The van der Waals surface area contributed by atoms with Crippen molar-refractivity contribution in [3.63, 3.8) is 0 Å². The minimum atomic E-state index is 0.625. The van der Waals surface area contributed by atoms with Crippen LogP contribution in [-0.2, 0) is 17.7 Å². The fourth-order valence-corrected chi connectivity index (χ4v) is 2.48. The first kappa shape index (κ1) is 12.6. The highest BCUT2D eigenvalue weighted by Gasteiger charge is 2.11. The Balaban J connectivity index is 1.76. The molecule has 1 aliphatic heterocycles. The van der Waals surface area contributed by atoms with Gasteiger partial charge in [-0.1, -0.05) is 6.07 Å². The zero-order valence-electron chi connectivity index (χ0n) is 11.1. The van der Waals surface area contributed by atoms with E-state index >= 15 is 0 Å². The quantitative estimate of drug-likeness (QED) is 0.857. The van der Waals surface area contributed by atoms with Gasteiger partial charge in [-0.05, 0) is 24.2 Å². The largest absolute Gasteiger partial charge is 0.379 e. The zero-order valence-corrected chi connectivity index (χ0v) is 11.1. The first-order valence-corrected chi connectivity index (χ1v) is 6.83. The van der Waals surface area contributed by atoms with Crippen LogP contribution in [0.15, 0.2) is 18.2 Å². The van der Waals surface area contributed by atoms with Gasteiger partial charge in [0.2, 0.25) is 0 Å². The molecule has 3 rings (SSSR count). The average Bonchev–Trinajstić information content (AvgIpc) is 2.82. The molecule has 0 saturated carbocycles. The van der Waals surface area contributed by atoms with Crippen molar-refractivity contribution in [2.45, 2.75) is 13.0 Å². The Hall–Kier alpha value is -1.43. The summed E-state index contributed by atoms with van der Waals surface area (Å²) in [6, 6.07) is 6.43. The van der Waals surface area contributed by atoms with E-state index in [9.17, 15) is 0 Å². The Kier molecular flexibility index (Phi) is 3.77. The van der Waals surface area contributed by atoms with Gasteiger partial charge in [0.15, 0.2) is 0 Å². The van der Waals surface area contributed by atoms with E-state index in [0.29, 0.717) is 6.54 Å². The van der Waals surface area contributed by atoms with Gasteiger partial charge in [-0.25, -0.2) is 4.98 Å². The molecule has 2 aromatic rings. The van der Waals surface area contributed by atoms with Crippen molar-refractivity contribution in [3.05, 3.63) is 29.6 Å². The molecule has 0 atom stereocenters. The fourth-order valence-electron chi connectivity index (χ4n) is 2.48. The van der Waals surface area contributed by atoms with Gasteiger partial charge in [-0.2, -0.15) is 0 Å². The van der Waals surface area contributed by atoms with Gasteiger partial charge >= 0.3 is 0 Å². The number of nitrogens with two attached hydrogens (primary N) is 1. The Morgan fingerprint density at radius 1 is 1.32 bits per heavy atom. The van der Waals surface area contributed by atoms with E-state index in [4.69, 9.17) is 10.5 Å². The molecule has 5 heteroatoms. The number of imidazole rings is 1. The van der Waals surface area contributed by atoms with Crippen molar-refractivity contribution in [2.75, 3.05) is 32.8 Å². The van der Waals surface area contributed by atoms with Gasteiger partial charge in [0, 0.05) is 26.1 Å². The molecule has 1 aliphatic rings. The molecule has 2 heterocycles. The molecule has 0 bridgehead atoms. The van der Waals surface area contributed by atoms with Crippen molar-refractivity contribution in [1.29, 1.82) is 0 Å². The summed E-state index contributed by atoms with van der Waals surface area (Å²) in [5, 5.41) is 0. The summed E-state index contributed by atoms with van der Waals surface area (Å²) in [6.07, 6.45) is 0.799. The second-order valence-electron chi connectivity index (χ2n) is 4.96. The lowest BCUT2D eigenvalue weighted by atomic mass is 10.2. The van der Waals surface area contributed by atoms with Crippen LogP contribution in [-0.4, -0.2) is 47.7 Å². The van der Waals surface area contributed by atoms with E-state index in [2.05, 4.69) is 33.1 Å². The third-order valence-corrected chi connectivity index (χ3v) is 3.49. The number of fused-ring (bicyclic) bond motifs is 1. The molecule has 0 aliphatic carbocycles. The summed E-state index contributed by atoms with van der Waals surface area (Å²) in [7, 11) is 0. The van der Waals surface area contributed by atoms with E-state index in [1.165, 1.54) is 5.56 Å². The minimum Gasteiger partial charge on any atom is -0.379 e. The van der Waals surface area contributed by atoms with Crippen LogP contribution in [0.4, 0.5) is 0 Å². The van der Waals surface area contributed by atoms with Crippen molar-refractivity contribution in [3.8, 4) is 0 Å². The van der Waals surface area contributed by atoms with Crippen molar-refractivity contribution < 1.29 is 4.74 Å². The highest BCUT2D eigenvalue weighted by molar-refractivity contribution is 5.75. The predicted octanol–water partition coefficient (Wildman–Crippen LogP) is 0.896. The van der Waals surface area contributed by atoms with Crippen molar-refractivity contribution >= 4 is 11.0 Å². The predicted molar refractivity (Wildman–Crippen MR) is 74.9 cm³/mol. The fraction of sp³-hybridized carbons (Fsp3) is 0.500. The number of rotatable bonds is 4. The topological polar surface area (TPSA) is 67.2 Å². The van der Waals surface area contributed by atoms with Crippen molar-refractivity contribution in [2.24, 2.45) is 5.73 Å². The highest BCUT2D eigenvalue weighted by atomic mass is 16.5. The molecule has 5 nitrogen and oxygen atoms in total. The van der Waals surface area contributed by atoms with Crippen molar-refractivity contribution in [1.82, 2.24) is 14.9 Å². The number of aromatic amines is 1. The number of H-pyrrole nitrogens is 1. The molecule has 19 heavy (non-hydrogen) atoms. The first-order valence-electron chi connectivity index (χ1n) is 6.83. The maximum atomic E-state index is 5.56. The molecule has 1 fully saturated rings. The summed E-state index contributed by atoms with van der Waals surface area (Å²) in [6.45, 7) is 5.31. The Morgan fingerprint density at radius 3 is 2.95 bits per heavy atom. The summed E-state index contributed by atoms with van der Waals surface area (Å²) in [4.78, 5) is 10.3. The molecule has 1 aromatic heterocycles. The molecule has 0 unspecified atom stereocenters. The van der Waals surface area contributed by atoms with E-state index < -0.39 is 0 Å². The molecule has 3 N–H and O–H groups in total. The number of hydrogen-bond donors (Lipinski definition) is 2. The van der Waals surface area contributed by atoms with Crippen LogP contribution in [0.3, 0.4) is 0 Å². The number of nitrogens with one attached hydrogen (secondary N) is 1. The molecule has 0 radical (unpaired) electrons. The maximum absolute atomic E-state index is 5.56. The SMILES string of the molecule is NCCc1nc2ccc(CN3CCOCC3)cc2[nH]1. The minimum absolute atomic E-state index is 0.625. The second-order valence-corrected chi connectivity index (χ2v) is 4.96. The lowest BCUT2D eigenvalue weighted by molar-refractivity contribution is 0.0342. The molecule has 0 amide bonds. The van der Waals surface area contributed by atoms with Gasteiger partial charge in [0.05, 0.1) is 24.2 Å². The zero-order chi connectivity index (χ0) is 13.1. The van der Waals surface area contributed by atoms with E-state index in [-0.39, 0.29) is 0 Å². The number of morpholine rings is 1. The van der Waals surface area contributed by atoms with Gasteiger partial charge in [0.25, 0.3) is 0 Å². The Bertz CT molecular complexity index is 545. The van der Waals surface area contributed by atoms with E-state index in [1.807, 2.05) is 0 Å². The number of hydrogen-bond acceptors (Lipinski definition) is 4. The van der Waals surface area contributed by atoms with Crippen LogP contribution in [0.2, 0.25) is 0 Å². The summed E-state index contributed by atoms with van der Waals surface area (Å²) < 4.78 is 5.37. The van der Waals surface area contributed by atoms with E-state index in [0.717, 1.165) is 56.1 Å². The number of ether oxygens (including phenoxy) is 1. The summed E-state index contributed by atoms with van der Waals surface area (Å²) in [5.74, 6) is 0.973. The number of benzene rings is 1. The van der Waals surface area contributed by atoms with Crippen LogP contribution in [0.25, 0.3) is 11.0 Å². The Labute approximate surface area is 112 Å². The molecule has 0 spiro atoms. The highest BCUT2D eigenvalue weighted by Crippen LogP contribution is 2.16. The third kappa shape index (κ3) is 2.94. The summed E-state index contributed by atoms with van der Waals surface area (Å²) >= 11 is 0. The molecule has 1 saturated heterocycles. The van der Waals surface area contributed by atoms with Crippen LogP contribution < -0.4 is 5.73 Å². The smallest absolute Gasteiger partial charge is 0.108 e. The van der Waals surface area contributed by atoms with Gasteiger partial charge < -0.3 is 15.5 Å². The normalized spacial score (nSPS) is 17.1. The second kappa shape index (κ2) is 5.69. The molecular formula is C14H20N4O. The van der Waals surface area contributed by atoms with Gasteiger partial charge in [0.1, 0.15) is 5.82 Å².